The molecule has 0 bridgehead atoms. The summed E-state index contributed by atoms with van der Waals surface area (Å²) in [5, 5.41) is 48.1. The van der Waals surface area contributed by atoms with E-state index in [9.17, 15) is 53.7 Å². The van der Waals surface area contributed by atoms with Gasteiger partial charge in [0.1, 0.15) is 41.1 Å². The molecule has 12 N–H and O–H groups in total. The fourth-order valence-electron chi connectivity index (χ4n) is 7.98. The van der Waals surface area contributed by atoms with Crippen LogP contribution in [0.4, 0.5) is 10.5 Å². The lowest BCUT2D eigenvalue weighted by Gasteiger charge is -2.36. The van der Waals surface area contributed by atoms with E-state index in [1.165, 1.54) is 36.2 Å². The van der Waals surface area contributed by atoms with Crippen LogP contribution in [0, 0.1) is 0 Å². The van der Waals surface area contributed by atoms with Gasteiger partial charge in [0.05, 0.1) is 12.1 Å². The molecule has 22 nitrogen and oxygen atoms in total. The van der Waals surface area contributed by atoms with Crippen LogP contribution in [0.15, 0.2) is 54.6 Å². The Kier molecular flexibility index (Phi) is 15.1. The number of primary amides is 1. The fraction of sp³-hybridized carbons (Fsp3) is 0.372. The number of hydrogen-bond donors (Lipinski definition) is 11. The van der Waals surface area contributed by atoms with Gasteiger partial charge in [-0.2, -0.15) is 0 Å². The smallest absolute Gasteiger partial charge is 0.340 e. The Balaban J connectivity index is 1.06. The second-order valence-electron chi connectivity index (χ2n) is 15.6. The average Bonchev–Trinajstić information content (AvgIpc) is 3.88. The van der Waals surface area contributed by atoms with Crippen molar-refractivity contribution in [3.63, 3.8) is 0 Å². The molecule has 66 heavy (non-hydrogen) atoms. The summed E-state index contributed by atoms with van der Waals surface area (Å²) in [5.74, 6) is -4.75. The van der Waals surface area contributed by atoms with Crippen molar-refractivity contribution in [1.82, 2.24) is 36.8 Å². The molecule has 3 aliphatic rings. The van der Waals surface area contributed by atoms with Crippen LogP contribution in [-0.4, -0.2) is 124 Å². The third kappa shape index (κ3) is 11.0. The Hall–Kier alpha value is -7.69. The molecule has 3 heterocycles. The number of hydrogen-bond acceptors (Lipinski definition) is 13. The van der Waals surface area contributed by atoms with Crippen molar-refractivity contribution in [3.05, 3.63) is 76.9 Å². The number of fused-ring (bicyclic) bond motifs is 6. The highest BCUT2D eigenvalue weighted by atomic mass is 32.1. The van der Waals surface area contributed by atoms with E-state index in [1.807, 2.05) is 0 Å². The van der Waals surface area contributed by atoms with E-state index in [1.54, 1.807) is 30.3 Å². The molecule has 1 saturated heterocycles. The second kappa shape index (κ2) is 20.9. The van der Waals surface area contributed by atoms with Crippen LogP contribution < -0.4 is 47.7 Å². The van der Waals surface area contributed by atoms with E-state index < -0.39 is 77.7 Å². The van der Waals surface area contributed by atoms with E-state index in [-0.39, 0.29) is 92.0 Å². The number of urea groups is 1. The number of ether oxygens (including phenoxy) is 2. The minimum absolute atomic E-state index is 0.0338. The number of thiocarbonyl (C=S) groups is 1. The molecule has 3 aromatic carbocycles. The molecular formula is C43H49N9O13S. The maximum absolute atomic E-state index is 13.9. The van der Waals surface area contributed by atoms with Gasteiger partial charge in [0, 0.05) is 74.0 Å². The van der Waals surface area contributed by atoms with Gasteiger partial charge in [0.15, 0.2) is 10.7 Å². The van der Waals surface area contributed by atoms with E-state index in [2.05, 4.69) is 37.2 Å². The zero-order valence-corrected chi connectivity index (χ0v) is 36.4. The number of rotatable bonds is 18. The fourth-order valence-corrected chi connectivity index (χ4v) is 8.20. The van der Waals surface area contributed by atoms with Crippen LogP contribution in [0.2, 0.25) is 0 Å². The molecule has 7 amide bonds. The largest absolute Gasteiger partial charge is 0.508 e. The second-order valence-corrected chi connectivity index (χ2v) is 16.0. The molecule has 3 atom stereocenters. The van der Waals surface area contributed by atoms with Gasteiger partial charge in [-0.05, 0) is 80.7 Å². The number of carboxylic acid groups (broad SMARTS) is 1. The van der Waals surface area contributed by atoms with Gasteiger partial charge in [-0.25, -0.2) is 9.59 Å². The van der Waals surface area contributed by atoms with Gasteiger partial charge in [-0.15, -0.1) is 0 Å². The molecule has 3 aliphatic heterocycles. The number of aromatic hydroxyl groups is 2. The zero-order valence-electron chi connectivity index (χ0n) is 35.6. The van der Waals surface area contributed by atoms with Crippen molar-refractivity contribution >= 4 is 70.5 Å². The lowest BCUT2D eigenvalue weighted by molar-refractivity contribution is -0.143. The van der Waals surface area contributed by atoms with E-state index >= 15 is 0 Å². The van der Waals surface area contributed by atoms with Gasteiger partial charge in [0.2, 0.25) is 29.5 Å². The number of likely N-dealkylation sites (N-methyl/N-ethyl adjacent to an activating group) is 1. The monoisotopic (exact) mass is 931 g/mol. The number of carbonyl (C=O) groups is 8. The number of anilines is 1. The number of carboxylic acids is 1. The van der Waals surface area contributed by atoms with Gasteiger partial charge in [-0.3, -0.25) is 28.8 Å². The minimum atomic E-state index is -1.46. The highest BCUT2D eigenvalue weighted by Crippen LogP contribution is 2.57. The van der Waals surface area contributed by atoms with Gasteiger partial charge >= 0.3 is 18.0 Å². The lowest BCUT2D eigenvalue weighted by atomic mass is 9.77. The van der Waals surface area contributed by atoms with Gasteiger partial charge in [0.25, 0.3) is 0 Å². The Labute approximate surface area is 382 Å². The molecular weight excluding hydrogens is 883 g/mol. The number of amides is 7. The first kappa shape index (κ1) is 47.8. The summed E-state index contributed by atoms with van der Waals surface area (Å²) in [6.07, 6.45) is -0.105. The molecule has 6 rings (SSSR count). The van der Waals surface area contributed by atoms with Crippen molar-refractivity contribution in [1.29, 1.82) is 0 Å². The number of benzene rings is 3. The van der Waals surface area contributed by atoms with Gasteiger partial charge < -0.3 is 72.6 Å². The van der Waals surface area contributed by atoms with E-state index in [0.717, 1.165) is 0 Å². The van der Waals surface area contributed by atoms with Crippen LogP contribution in [0.3, 0.4) is 0 Å². The third-order valence-electron chi connectivity index (χ3n) is 11.1. The quantitative estimate of drug-likeness (QED) is 0.0469. The molecule has 0 aromatic heterocycles. The molecule has 0 unspecified atom stereocenters. The predicted molar refractivity (Wildman–Crippen MR) is 236 cm³/mol. The molecule has 3 aromatic rings. The molecule has 1 spiro atoms. The van der Waals surface area contributed by atoms with Crippen LogP contribution in [-0.2, 0) is 39.1 Å². The molecule has 1 fully saturated rings. The van der Waals surface area contributed by atoms with Crippen LogP contribution >= 0.6 is 12.2 Å². The number of nitrogens with one attached hydrogen (secondary N) is 7. The minimum Gasteiger partial charge on any atom is -0.508 e. The predicted octanol–water partition coefficient (Wildman–Crippen LogP) is 0.478. The summed E-state index contributed by atoms with van der Waals surface area (Å²) in [5.41, 5.74) is 5.63. The van der Waals surface area contributed by atoms with E-state index in [0.29, 0.717) is 28.8 Å². The number of likely N-dealkylation sites (tertiary alicyclic amines) is 1. The first-order valence-electron chi connectivity index (χ1n) is 20.9. The van der Waals surface area contributed by atoms with Crippen molar-refractivity contribution in [3.8, 4) is 23.0 Å². The highest BCUT2D eigenvalue weighted by molar-refractivity contribution is 7.80. The SMILES string of the molecule is CNC(=O)CNC(=O)[C@H](CCCNC(N)=O)NC(=O)[C@@H]1CCCN1C(=O)[C@H](CCC(=O)O)NC(=O)CCNC(=S)Nc1ccc2c(c1)C(=O)OC21c2ccc(O)cc2Oc2cc(O)ccc21. The molecule has 0 saturated carbocycles. The van der Waals surface area contributed by atoms with Gasteiger partial charge in [-0.1, -0.05) is 6.07 Å². The third-order valence-corrected chi connectivity index (χ3v) is 11.3. The summed E-state index contributed by atoms with van der Waals surface area (Å²) in [6, 6.07) is 9.40. The maximum atomic E-state index is 13.9. The van der Waals surface area contributed by atoms with Crippen LogP contribution in [0.1, 0.15) is 72.0 Å². The van der Waals surface area contributed by atoms with Crippen molar-refractivity contribution < 1.29 is 63.1 Å². The number of aliphatic carboxylic acids is 1. The number of nitrogens with two attached hydrogens (primary N) is 1. The molecule has 350 valence electrons. The van der Waals surface area contributed by atoms with Crippen molar-refractivity contribution in [2.75, 3.05) is 38.5 Å². The Bertz CT molecular complexity index is 2400. The highest BCUT2D eigenvalue weighted by Gasteiger charge is 2.54. The summed E-state index contributed by atoms with van der Waals surface area (Å²) in [7, 11) is 1.39. The molecule has 0 radical (unpaired) electrons. The molecule has 23 heteroatoms. The number of carbonyl (C=O) groups excluding carboxylic acids is 7. The first-order valence-corrected chi connectivity index (χ1v) is 21.3. The summed E-state index contributed by atoms with van der Waals surface area (Å²) in [6.45, 7) is -0.190. The normalized spacial score (nSPS) is 15.9. The first-order chi connectivity index (χ1) is 31.5. The Morgan fingerprint density at radius 2 is 1.53 bits per heavy atom. The van der Waals surface area contributed by atoms with E-state index in [4.69, 9.17) is 27.4 Å². The topological polar surface area (TPSA) is 329 Å². The number of nitrogens with zero attached hydrogens (tertiary/aromatic N) is 1. The summed E-state index contributed by atoms with van der Waals surface area (Å²) in [4.78, 5) is 103. The number of phenols is 2. The number of esters is 1. The van der Waals surface area contributed by atoms with Crippen LogP contribution in [0.25, 0.3) is 0 Å². The summed E-state index contributed by atoms with van der Waals surface area (Å²) < 4.78 is 12.1. The number of phenolic OH excluding ortho intramolecular Hbond substituents is 2. The Morgan fingerprint density at radius 3 is 2.18 bits per heavy atom. The Morgan fingerprint density at radius 1 is 0.848 bits per heavy atom. The average molecular weight is 932 g/mol. The lowest BCUT2D eigenvalue weighted by Crippen LogP contribution is -2.56. The standard InChI is InChI=1S/C43H49N9O13S/c1-45-35(56)21-48-37(59)29(4-2-15-46-41(44)63)51-38(60)31-5-3-17-52(31)39(61)30(12-13-36(57)58)50-34(55)14-16-47-42(66)49-22-6-9-26-25(18-22)40(62)65-43(26)27-10-7-23(53)19-32(27)64-33-20-24(54)8-11-28(33)43/h6-11,18-20,29-31,53-54H,2-5,12-17,21H2,1H3,(H,45,56)(H,48,59)(H,50,55)(H,51,60)(H,57,58)(H3,44,46,63)(H2,47,49,66)/t29-,30-,31-/m0/s1. The molecule has 0 aliphatic carbocycles. The summed E-state index contributed by atoms with van der Waals surface area (Å²) >= 11 is 5.46. The van der Waals surface area contributed by atoms with Crippen LogP contribution in [0.5, 0.6) is 23.0 Å². The van der Waals surface area contributed by atoms with Crippen molar-refractivity contribution in [2.45, 2.75) is 68.7 Å². The van der Waals surface area contributed by atoms with Crippen molar-refractivity contribution in [2.24, 2.45) is 5.73 Å². The maximum Gasteiger partial charge on any atom is 0.340 e. The zero-order chi connectivity index (χ0) is 47.7.